The summed E-state index contributed by atoms with van der Waals surface area (Å²) in [7, 11) is 0. The smallest absolute Gasteiger partial charge is 0.323 e. The van der Waals surface area contributed by atoms with E-state index in [0.29, 0.717) is 29.4 Å². The minimum atomic E-state index is -1.20. The van der Waals surface area contributed by atoms with Crippen molar-refractivity contribution in [1.29, 1.82) is 0 Å². The summed E-state index contributed by atoms with van der Waals surface area (Å²) in [5.74, 6) is -0.346. The third-order valence-corrected chi connectivity index (χ3v) is 3.38. The number of nitrogens with two attached hydrogens (primary N) is 1. The Kier molecular flexibility index (Phi) is 4.92. The first-order valence-electron chi connectivity index (χ1n) is 5.54. The average molecular weight is 271 g/mol. The summed E-state index contributed by atoms with van der Waals surface area (Å²) in [6, 6.07) is 1.42. The second-order valence-corrected chi connectivity index (χ2v) is 5.45. The molecule has 0 amide bonds. The molecule has 0 saturated heterocycles. The van der Waals surface area contributed by atoms with E-state index < -0.39 is 11.5 Å². The highest BCUT2D eigenvalue weighted by molar-refractivity contribution is 7.99. The number of hydrogen-bond acceptors (Lipinski definition) is 5. The lowest BCUT2D eigenvalue weighted by Crippen LogP contribution is -2.44. The number of H-pyrrole nitrogens is 1. The highest BCUT2D eigenvalue weighted by Crippen LogP contribution is 2.16. The summed E-state index contributed by atoms with van der Waals surface area (Å²) in [6.45, 7) is 3.24. The standard InChI is InChI=1S/C11H17N3O3S/c1-7-6-8(15)14-10(13-7)18-5-3-4-11(2,12)9(16)17/h6H,3-5,12H2,1-2H3,(H,16,17)(H,13,14,15). The molecule has 0 aromatic carbocycles. The van der Waals surface area contributed by atoms with E-state index in [2.05, 4.69) is 9.97 Å². The lowest BCUT2D eigenvalue weighted by Gasteiger charge is -2.18. The van der Waals surface area contributed by atoms with Crippen molar-refractivity contribution in [3.63, 3.8) is 0 Å². The van der Waals surface area contributed by atoms with Crippen LogP contribution in [0.1, 0.15) is 25.5 Å². The zero-order chi connectivity index (χ0) is 13.8. The summed E-state index contributed by atoms with van der Waals surface area (Å²) in [5.41, 5.74) is 4.89. The Morgan fingerprint density at radius 1 is 1.67 bits per heavy atom. The molecule has 1 atom stereocenters. The fourth-order valence-electron chi connectivity index (χ4n) is 1.34. The molecule has 1 aromatic rings. The maximum atomic E-state index is 11.2. The number of rotatable bonds is 6. The molecule has 0 radical (unpaired) electrons. The van der Waals surface area contributed by atoms with Gasteiger partial charge in [0.15, 0.2) is 5.16 Å². The number of aromatic nitrogens is 2. The first kappa shape index (κ1) is 14.7. The molecule has 0 aliphatic carbocycles. The molecular weight excluding hydrogens is 254 g/mol. The fourth-order valence-corrected chi connectivity index (χ4v) is 2.20. The SMILES string of the molecule is Cc1cc(=O)[nH]c(SCCCC(C)(N)C(=O)O)n1. The van der Waals surface area contributed by atoms with E-state index >= 15 is 0 Å². The van der Waals surface area contributed by atoms with Crippen molar-refractivity contribution in [2.45, 2.75) is 37.4 Å². The normalized spacial score (nSPS) is 14.2. The second-order valence-electron chi connectivity index (χ2n) is 4.37. The molecule has 1 rings (SSSR count). The largest absolute Gasteiger partial charge is 0.480 e. The van der Waals surface area contributed by atoms with E-state index in [-0.39, 0.29) is 5.56 Å². The van der Waals surface area contributed by atoms with Crippen LogP contribution in [-0.4, -0.2) is 32.3 Å². The average Bonchev–Trinajstić information content (AvgIpc) is 2.23. The Labute approximate surface area is 109 Å². The molecule has 7 heteroatoms. The Bertz CT molecular complexity index is 485. The summed E-state index contributed by atoms with van der Waals surface area (Å²) < 4.78 is 0. The fraction of sp³-hybridized carbons (Fsp3) is 0.545. The highest BCUT2D eigenvalue weighted by atomic mass is 32.2. The molecular formula is C11H17N3O3S. The Hall–Kier alpha value is -1.34. The Balaban J connectivity index is 2.43. The van der Waals surface area contributed by atoms with Gasteiger partial charge in [0.2, 0.25) is 0 Å². The third-order valence-electron chi connectivity index (χ3n) is 2.42. The molecule has 18 heavy (non-hydrogen) atoms. The van der Waals surface area contributed by atoms with Crippen molar-refractivity contribution in [1.82, 2.24) is 9.97 Å². The third kappa shape index (κ3) is 4.50. The molecule has 0 aliphatic heterocycles. The van der Waals surface area contributed by atoms with Gasteiger partial charge in [-0.3, -0.25) is 9.59 Å². The van der Waals surface area contributed by atoms with E-state index in [0.717, 1.165) is 0 Å². The van der Waals surface area contributed by atoms with Crippen LogP contribution in [0.5, 0.6) is 0 Å². The molecule has 1 heterocycles. The van der Waals surface area contributed by atoms with Crippen molar-refractivity contribution in [3.05, 3.63) is 22.1 Å². The minimum Gasteiger partial charge on any atom is -0.480 e. The van der Waals surface area contributed by atoms with Crippen LogP contribution in [-0.2, 0) is 4.79 Å². The van der Waals surface area contributed by atoms with Gasteiger partial charge in [-0.05, 0) is 26.7 Å². The number of aryl methyl sites for hydroxylation is 1. The maximum Gasteiger partial charge on any atom is 0.323 e. The van der Waals surface area contributed by atoms with Crippen LogP contribution in [0.15, 0.2) is 16.0 Å². The van der Waals surface area contributed by atoms with Crippen molar-refractivity contribution in [2.75, 3.05) is 5.75 Å². The number of hydrogen-bond donors (Lipinski definition) is 3. The molecule has 0 bridgehead atoms. The first-order valence-corrected chi connectivity index (χ1v) is 6.53. The maximum absolute atomic E-state index is 11.2. The van der Waals surface area contributed by atoms with Gasteiger partial charge in [-0.1, -0.05) is 11.8 Å². The van der Waals surface area contributed by atoms with Crippen molar-refractivity contribution in [2.24, 2.45) is 5.73 Å². The number of thioether (sulfide) groups is 1. The Morgan fingerprint density at radius 3 is 2.89 bits per heavy atom. The van der Waals surface area contributed by atoms with Gasteiger partial charge >= 0.3 is 5.97 Å². The molecule has 0 fully saturated rings. The van der Waals surface area contributed by atoms with Crippen molar-refractivity contribution in [3.8, 4) is 0 Å². The molecule has 4 N–H and O–H groups in total. The van der Waals surface area contributed by atoms with E-state index in [1.165, 1.54) is 24.8 Å². The number of aliphatic carboxylic acids is 1. The minimum absolute atomic E-state index is 0.181. The van der Waals surface area contributed by atoms with Crippen LogP contribution >= 0.6 is 11.8 Å². The second kappa shape index (κ2) is 6.01. The van der Waals surface area contributed by atoms with Gasteiger partial charge in [-0.25, -0.2) is 4.98 Å². The monoisotopic (exact) mass is 271 g/mol. The lowest BCUT2D eigenvalue weighted by molar-refractivity contribution is -0.142. The van der Waals surface area contributed by atoms with Gasteiger partial charge in [-0.15, -0.1) is 0 Å². The van der Waals surface area contributed by atoms with Crippen LogP contribution < -0.4 is 11.3 Å². The first-order chi connectivity index (χ1) is 8.31. The van der Waals surface area contributed by atoms with Gasteiger partial charge in [-0.2, -0.15) is 0 Å². The van der Waals surface area contributed by atoms with Gasteiger partial charge in [0.25, 0.3) is 5.56 Å². The van der Waals surface area contributed by atoms with Gasteiger partial charge in [0.05, 0.1) is 0 Å². The van der Waals surface area contributed by atoms with Gasteiger partial charge in [0, 0.05) is 17.5 Å². The molecule has 1 aromatic heterocycles. The molecule has 0 saturated carbocycles. The predicted molar refractivity (Wildman–Crippen MR) is 69.8 cm³/mol. The number of nitrogens with zero attached hydrogens (tertiary/aromatic N) is 1. The quantitative estimate of drug-likeness (QED) is 0.400. The number of carboxylic acid groups (broad SMARTS) is 1. The number of aromatic amines is 1. The van der Waals surface area contributed by atoms with Crippen LogP contribution in [0, 0.1) is 6.92 Å². The number of nitrogens with one attached hydrogen (secondary N) is 1. The summed E-state index contributed by atoms with van der Waals surface area (Å²) in [4.78, 5) is 28.7. The van der Waals surface area contributed by atoms with Crippen molar-refractivity contribution >= 4 is 17.7 Å². The summed E-state index contributed by atoms with van der Waals surface area (Å²) in [5, 5.41) is 9.39. The number of carbonyl (C=O) groups is 1. The molecule has 0 aliphatic rings. The molecule has 0 spiro atoms. The zero-order valence-electron chi connectivity index (χ0n) is 10.4. The molecule has 6 nitrogen and oxygen atoms in total. The molecule has 1 unspecified atom stereocenters. The van der Waals surface area contributed by atoms with Gasteiger partial charge < -0.3 is 15.8 Å². The number of carboxylic acids is 1. The highest BCUT2D eigenvalue weighted by Gasteiger charge is 2.26. The summed E-state index contributed by atoms with van der Waals surface area (Å²) in [6.07, 6.45) is 1.02. The van der Waals surface area contributed by atoms with E-state index in [4.69, 9.17) is 10.8 Å². The predicted octanol–water partition coefficient (Wildman–Crippen LogP) is 0.753. The van der Waals surface area contributed by atoms with Crippen LogP contribution in [0.2, 0.25) is 0 Å². The van der Waals surface area contributed by atoms with Crippen molar-refractivity contribution < 1.29 is 9.90 Å². The van der Waals surface area contributed by atoms with Gasteiger partial charge in [0.1, 0.15) is 5.54 Å². The van der Waals surface area contributed by atoms with Crippen LogP contribution in [0.4, 0.5) is 0 Å². The lowest BCUT2D eigenvalue weighted by atomic mass is 9.98. The van der Waals surface area contributed by atoms with E-state index in [9.17, 15) is 9.59 Å². The van der Waals surface area contributed by atoms with Crippen LogP contribution in [0.25, 0.3) is 0 Å². The summed E-state index contributed by atoms with van der Waals surface area (Å²) >= 11 is 1.39. The van der Waals surface area contributed by atoms with E-state index in [1.54, 1.807) is 6.92 Å². The molecule has 100 valence electrons. The zero-order valence-corrected chi connectivity index (χ0v) is 11.2. The Morgan fingerprint density at radius 2 is 2.33 bits per heavy atom. The van der Waals surface area contributed by atoms with Crippen LogP contribution in [0.3, 0.4) is 0 Å². The van der Waals surface area contributed by atoms with E-state index in [1.807, 2.05) is 0 Å². The topological polar surface area (TPSA) is 109 Å².